The lowest BCUT2D eigenvalue weighted by atomic mass is 10.00. The van der Waals surface area contributed by atoms with Gasteiger partial charge in [0.05, 0.1) is 12.7 Å². The zero-order valence-electron chi connectivity index (χ0n) is 5.47. The highest BCUT2D eigenvalue weighted by Crippen LogP contribution is 2.15. The normalized spacial score (nSPS) is 27.2. The quantitative estimate of drug-likeness (QED) is 0.529. The topological polar surface area (TPSA) is 33.0 Å². The van der Waals surface area contributed by atoms with Crippen LogP contribution in [0.25, 0.3) is 0 Å². The molecule has 1 atom stereocenters. The summed E-state index contributed by atoms with van der Waals surface area (Å²) in [6, 6.07) is 2.16. The van der Waals surface area contributed by atoms with Gasteiger partial charge in [-0.3, -0.25) is 0 Å². The fraction of sp³-hybridized carbons (Fsp3) is 0.857. The molecule has 0 aliphatic carbocycles. The van der Waals surface area contributed by atoms with Crippen molar-refractivity contribution in [2.45, 2.75) is 19.3 Å². The van der Waals surface area contributed by atoms with Gasteiger partial charge < -0.3 is 4.74 Å². The zero-order valence-corrected chi connectivity index (χ0v) is 5.47. The molecule has 1 rings (SSSR count). The second-order valence-electron chi connectivity index (χ2n) is 2.45. The fourth-order valence-corrected chi connectivity index (χ4v) is 1.10. The summed E-state index contributed by atoms with van der Waals surface area (Å²) in [5.41, 5.74) is 0. The molecule has 1 saturated heterocycles. The smallest absolute Gasteiger partial charge is 0.0625 e. The monoisotopic (exact) mass is 125 g/mol. The third-order valence-corrected chi connectivity index (χ3v) is 1.63. The zero-order chi connectivity index (χ0) is 6.53. The van der Waals surface area contributed by atoms with E-state index in [0.717, 1.165) is 19.6 Å². The van der Waals surface area contributed by atoms with Gasteiger partial charge in [-0.2, -0.15) is 5.26 Å². The molecule has 1 aliphatic rings. The Balaban J connectivity index is 2.17. The molecule has 1 heterocycles. The summed E-state index contributed by atoms with van der Waals surface area (Å²) < 4.78 is 5.18. The van der Waals surface area contributed by atoms with Crippen molar-refractivity contribution in [3.8, 4) is 6.07 Å². The molecular weight excluding hydrogens is 114 g/mol. The van der Waals surface area contributed by atoms with E-state index in [4.69, 9.17) is 10.00 Å². The maximum Gasteiger partial charge on any atom is 0.0625 e. The first-order chi connectivity index (χ1) is 4.43. The Morgan fingerprint density at radius 3 is 3.11 bits per heavy atom. The van der Waals surface area contributed by atoms with E-state index in [1.807, 2.05) is 0 Å². The minimum absolute atomic E-state index is 0.517. The number of ether oxygens (including phenoxy) is 1. The van der Waals surface area contributed by atoms with Gasteiger partial charge >= 0.3 is 0 Å². The maximum absolute atomic E-state index is 8.31. The average molecular weight is 125 g/mol. The predicted molar refractivity (Wildman–Crippen MR) is 33.8 cm³/mol. The van der Waals surface area contributed by atoms with Crippen LogP contribution in [0.2, 0.25) is 0 Å². The van der Waals surface area contributed by atoms with Crippen LogP contribution in [0.4, 0.5) is 0 Å². The molecule has 0 unspecified atom stereocenters. The Morgan fingerprint density at radius 1 is 1.67 bits per heavy atom. The molecule has 50 valence electrons. The van der Waals surface area contributed by atoms with Crippen molar-refractivity contribution < 1.29 is 4.74 Å². The van der Waals surface area contributed by atoms with E-state index >= 15 is 0 Å². The summed E-state index contributed by atoms with van der Waals surface area (Å²) in [4.78, 5) is 0. The number of nitrogens with zero attached hydrogens (tertiary/aromatic N) is 1. The molecular formula is C7H11NO. The van der Waals surface area contributed by atoms with E-state index in [1.54, 1.807) is 0 Å². The van der Waals surface area contributed by atoms with E-state index in [-0.39, 0.29) is 0 Å². The predicted octanol–water partition coefficient (Wildman–Crippen LogP) is 1.33. The van der Waals surface area contributed by atoms with Crippen molar-refractivity contribution in [3.63, 3.8) is 0 Å². The van der Waals surface area contributed by atoms with Gasteiger partial charge in [0, 0.05) is 13.0 Å². The highest BCUT2D eigenvalue weighted by molar-refractivity contribution is 4.76. The van der Waals surface area contributed by atoms with Crippen molar-refractivity contribution in [3.05, 3.63) is 0 Å². The van der Waals surface area contributed by atoms with Crippen LogP contribution in [0.5, 0.6) is 0 Å². The molecule has 1 aliphatic heterocycles. The maximum atomic E-state index is 8.31. The van der Waals surface area contributed by atoms with Gasteiger partial charge in [-0.15, -0.1) is 0 Å². The van der Waals surface area contributed by atoms with Gasteiger partial charge in [-0.05, 0) is 18.8 Å². The SMILES string of the molecule is N#CC[C@@H]1CCCOC1. The van der Waals surface area contributed by atoms with Gasteiger partial charge in [0.25, 0.3) is 0 Å². The summed E-state index contributed by atoms with van der Waals surface area (Å²) in [6.07, 6.45) is 2.97. The molecule has 0 aromatic rings. The second-order valence-corrected chi connectivity index (χ2v) is 2.45. The molecule has 2 heteroatoms. The van der Waals surface area contributed by atoms with Gasteiger partial charge in [-0.25, -0.2) is 0 Å². The van der Waals surface area contributed by atoms with E-state index in [0.29, 0.717) is 12.3 Å². The minimum atomic E-state index is 0.517. The highest BCUT2D eigenvalue weighted by Gasteiger charge is 2.12. The average Bonchev–Trinajstić information content (AvgIpc) is 1.91. The van der Waals surface area contributed by atoms with Crippen LogP contribution in [0.3, 0.4) is 0 Å². The van der Waals surface area contributed by atoms with Gasteiger partial charge in [0.15, 0.2) is 0 Å². The van der Waals surface area contributed by atoms with Gasteiger partial charge in [-0.1, -0.05) is 0 Å². The molecule has 0 amide bonds. The van der Waals surface area contributed by atoms with E-state index < -0.39 is 0 Å². The standard InChI is InChI=1S/C7H11NO/c8-4-3-7-2-1-5-9-6-7/h7H,1-3,5-6H2/t7-/m0/s1. The molecule has 0 radical (unpaired) electrons. The Morgan fingerprint density at radius 2 is 2.56 bits per heavy atom. The van der Waals surface area contributed by atoms with Crippen molar-refractivity contribution in [1.29, 1.82) is 5.26 Å². The summed E-state index contributed by atoms with van der Waals surface area (Å²) >= 11 is 0. The number of nitriles is 1. The van der Waals surface area contributed by atoms with Crippen LogP contribution in [0.1, 0.15) is 19.3 Å². The van der Waals surface area contributed by atoms with E-state index in [2.05, 4.69) is 6.07 Å². The van der Waals surface area contributed by atoms with Crippen molar-refractivity contribution >= 4 is 0 Å². The van der Waals surface area contributed by atoms with Crippen molar-refractivity contribution in [2.75, 3.05) is 13.2 Å². The molecule has 0 N–H and O–H groups in total. The Kier molecular flexibility index (Phi) is 2.53. The van der Waals surface area contributed by atoms with Crippen LogP contribution >= 0.6 is 0 Å². The molecule has 0 aromatic heterocycles. The summed E-state index contributed by atoms with van der Waals surface area (Å²) in [7, 11) is 0. The molecule has 0 bridgehead atoms. The van der Waals surface area contributed by atoms with Gasteiger partial charge in [0.2, 0.25) is 0 Å². The molecule has 1 fully saturated rings. The number of hydrogen-bond acceptors (Lipinski definition) is 2. The van der Waals surface area contributed by atoms with Crippen LogP contribution in [0.15, 0.2) is 0 Å². The molecule has 0 saturated carbocycles. The summed E-state index contributed by atoms with van der Waals surface area (Å²) in [6.45, 7) is 1.69. The van der Waals surface area contributed by atoms with E-state index in [1.165, 1.54) is 6.42 Å². The van der Waals surface area contributed by atoms with Crippen LogP contribution in [-0.4, -0.2) is 13.2 Å². The van der Waals surface area contributed by atoms with Crippen LogP contribution in [-0.2, 0) is 4.74 Å². The lowest BCUT2D eigenvalue weighted by Gasteiger charge is -2.18. The minimum Gasteiger partial charge on any atom is -0.381 e. The first-order valence-electron chi connectivity index (χ1n) is 3.38. The third-order valence-electron chi connectivity index (χ3n) is 1.63. The largest absolute Gasteiger partial charge is 0.381 e. The first kappa shape index (κ1) is 6.57. The molecule has 0 spiro atoms. The van der Waals surface area contributed by atoms with Crippen LogP contribution in [0, 0.1) is 17.2 Å². The van der Waals surface area contributed by atoms with Crippen molar-refractivity contribution in [2.24, 2.45) is 5.92 Å². The van der Waals surface area contributed by atoms with Crippen LogP contribution < -0.4 is 0 Å². The number of rotatable bonds is 1. The highest BCUT2D eigenvalue weighted by atomic mass is 16.5. The fourth-order valence-electron chi connectivity index (χ4n) is 1.10. The molecule has 9 heavy (non-hydrogen) atoms. The Labute approximate surface area is 55.4 Å². The summed E-state index contributed by atoms with van der Waals surface area (Å²) in [5, 5.41) is 8.31. The van der Waals surface area contributed by atoms with Gasteiger partial charge in [0.1, 0.15) is 0 Å². The molecule has 0 aromatic carbocycles. The molecule has 2 nitrogen and oxygen atoms in total. The van der Waals surface area contributed by atoms with E-state index in [9.17, 15) is 0 Å². The van der Waals surface area contributed by atoms with Crippen molar-refractivity contribution in [1.82, 2.24) is 0 Å². The summed E-state index contributed by atoms with van der Waals surface area (Å²) in [5.74, 6) is 0.517. The Hall–Kier alpha value is -0.550. The number of hydrogen-bond donors (Lipinski definition) is 0. The Bertz CT molecular complexity index is 111. The second kappa shape index (κ2) is 3.47. The lowest BCUT2D eigenvalue weighted by molar-refractivity contribution is 0.0566. The lowest BCUT2D eigenvalue weighted by Crippen LogP contribution is -2.16. The third kappa shape index (κ3) is 2.03. The first-order valence-corrected chi connectivity index (χ1v) is 3.38.